The molecule has 0 heterocycles. The molecular weight excluding hydrogens is 213 g/mol. The highest BCUT2D eigenvalue weighted by atomic mass is 19.1. The van der Waals surface area contributed by atoms with Crippen molar-refractivity contribution in [2.75, 3.05) is 20.7 Å². The van der Waals surface area contributed by atoms with Crippen LogP contribution in [-0.4, -0.2) is 36.6 Å². The van der Waals surface area contributed by atoms with E-state index in [2.05, 4.69) is 0 Å². The zero-order valence-corrected chi connectivity index (χ0v) is 9.24. The maximum Gasteiger partial charge on any atom is 0.259 e. The minimum absolute atomic E-state index is 0.133. The SMILES string of the molecule is CN(C)C(=O)COc1ccc(F)cc1CO. The average molecular weight is 227 g/mol. The molecule has 0 fully saturated rings. The van der Waals surface area contributed by atoms with Gasteiger partial charge in [-0.15, -0.1) is 0 Å². The Morgan fingerprint density at radius 3 is 2.75 bits per heavy atom. The fourth-order valence-corrected chi connectivity index (χ4v) is 1.08. The number of halogens is 1. The van der Waals surface area contributed by atoms with Gasteiger partial charge in [-0.05, 0) is 18.2 Å². The molecule has 0 saturated carbocycles. The van der Waals surface area contributed by atoms with E-state index < -0.39 is 5.82 Å². The van der Waals surface area contributed by atoms with Crippen LogP contribution >= 0.6 is 0 Å². The summed E-state index contributed by atoms with van der Waals surface area (Å²) in [7, 11) is 3.23. The quantitative estimate of drug-likeness (QED) is 0.827. The van der Waals surface area contributed by atoms with Crippen LogP contribution in [0.4, 0.5) is 4.39 Å². The Morgan fingerprint density at radius 2 is 2.19 bits per heavy atom. The Kier molecular flexibility index (Phi) is 4.25. The van der Waals surface area contributed by atoms with E-state index in [0.717, 1.165) is 0 Å². The number of benzene rings is 1. The molecule has 5 heteroatoms. The second-order valence-corrected chi connectivity index (χ2v) is 3.49. The third kappa shape index (κ3) is 3.20. The topological polar surface area (TPSA) is 49.8 Å². The van der Waals surface area contributed by atoms with E-state index in [1.807, 2.05) is 0 Å². The summed E-state index contributed by atoms with van der Waals surface area (Å²) in [6.45, 7) is -0.463. The molecule has 0 aliphatic heterocycles. The third-order valence-electron chi connectivity index (χ3n) is 2.04. The normalized spacial score (nSPS) is 10.0. The number of hydrogen-bond donors (Lipinski definition) is 1. The van der Waals surface area contributed by atoms with Gasteiger partial charge in [-0.25, -0.2) is 4.39 Å². The summed E-state index contributed by atoms with van der Waals surface area (Å²) >= 11 is 0. The first-order valence-corrected chi connectivity index (χ1v) is 4.77. The molecule has 1 amide bonds. The third-order valence-corrected chi connectivity index (χ3v) is 2.04. The fourth-order valence-electron chi connectivity index (χ4n) is 1.08. The van der Waals surface area contributed by atoms with Crippen LogP contribution in [0, 0.1) is 5.82 Å². The second-order valence-electron chi connectivity index (χ2n) is 3.49. The van der Waals surface area contributed by atoms with E-state index in [1.165, 1.54) is 23.1 Å². The lowest BCUT2D eigenvalue weighted by Crippen LogP contribution is -2.27. The summed E-state index contributed by atoms with van der Waals surface area (Å²) < 4.78 is 18.0. The number of carbonyl (C=O) groups is 1. The molecule has 1 aromatic carbocycles. The Balaban J connectivity index is 2.70. The van der Waals surface area contributed by atoms with E-state index in [4.69, 9.17) is 9.84 Å². The lowest BCUT2D eigenvalue weighted by molar-refractivity contribution is -0.130. The van der Waals surface area contributed by atoms with Gasteiger partial charge in [-0.3, -0.25) is 4.79 Å². The number of aliphatic hydroxyl groups excluding tert-OH is 1. The number of carbonyl (C=O) groups excluding carboxylic acids is 1. The Morgan fingerprint density at radius 1 is 1.50 bits per heavy atom. The summed E-state index contributed by atoms with van der Waals surface area (Å²) in [6, 6.07) is 3.79. The van der Waals surface area contributed by atoms with Crippen molar-refractivity contribution >= 4 is 5.91 Å². The zero-order chi connectivity index (χ0) is 12.1. The highest BCUT2D eigenvalue weighted by Crippen LogP contribution is 2.19. The van der Waals surface area contributed by atoms with E-state index in [0.29, 0.717) is 11.3 Å². The van der Waals surface area contributed by atoms with Crippen LogP contribution in [0.1, 0.15) is 5.56 Å². The number of likely N-dealkylation sites (N-methyl/N-ethyl adjacent to an activating group) is 1. The number of nitrogens with zero attached hydrogens (tertiary/aromatic N) is 1. The van der Waals surface area contributed by atoms with Crippen molar-refractivity contribution in [1.29, 1.82) is 0 Å². The molecule has 0 bridgehead atoms. The first-order valence-electron chi connectivity index (χ1n) is 4.77. The molecule has 1 rings (SSSR count). The molecule has 1 N–H and O–H groups in total. The van der Waals surface area contributed by atoms with Gasteiger partial charge in [0.2, 0.25) is 0 Å². The first kappa shape index (κ1) is 12.4. The Bertz CT molecular complexity index is 379. The lowest BCUT2D eigenvalue weighted by Gasteiger charge is -2.13. The molecule has 0 radical (unpaired) electrons. The molecule has 0 atom stereocenters. The summed E-state index contributed by atoms with van der Waals surface area (Å²) in [5, 5.41) is 8.98. The fraction of sp³-hybridized carbons (Fsp3) is 0.364. The van der Waals surface area contributed by atoms with Crippen LogP contribution in [0.5, 0.6) is 5.75 Å². The van der Waals surface area contributed by atoms with Crippen LogP contribution in [-0.2, 0) is 11.4 Å². The van der Waals surface area contributed by atoms with Gasteiger partial charge in [-0.1, -0.05) is 0 Å². The van der Waals surface area contributed by atoms with Gasteiger partial charge >= 0.3 is 0 Å². The molecule has 0 aromatic heterocycles. The van der Waals surface area contributed by atoms with Crippen molar-refractivity contribution in [3.8, 4) is 5.75 Å². The summed E-state index contributed by atoms with van der Waals surface area (Å²) in [5.74, 6) is -0.331. The first-order chi connectivity index (χ1) is 7.54. The maximum atomic E-state index is 12.8. The van der Waals surface area contributed by atoms with Gasteiger partial charge in [0, 0.05) is 19.7 Å². The Labute approximate surface area is 93.3 Å². The predicted molar refractivity (Wildman–Crippen MR) is 56.5 cm³/mol. The minimum atomic E-state index is -0.449. The van der Waals surface area contributed by atoms with Gasteiger partial charge in [0.15, 0.2) is 6.61 Å². The predicted octanol–water partition coefficient (Wildman–Crippen LogP) is 0.785. The summed E-state index contributed by atoms with van der Waals surface area (Å²) in [4.78, 5) is 12.6. The molecular formula is C11H14FNO3. The van der Waals surface area contributed by atoms with Crippen molar-refractivity contribution in [1.82, 2.24) is 4.90 Å². The zero-order valence-electron chi connectivity index (χ0n) is 9.24. The van der Waals surface area contributed by atoms with E-state index >= 15 is 0 Å². The molecule has 0 aliphatic rings. The van der Waals surface area contributed by atoms with Crippen molar-refractivity contribution in [3.63, 3.8) is 0 Å². The van der Waals surface area contributed by atoms with Crippen molar-refractivity contribution in [3.05, 3.63) is 29.6 Å². The standard InChI is InChI=1S/C11H14FNO3/c1-13(2)11(15)7-16-10-4-3-9(12)5-8(10)6-14/h3-5,14H,6-7H2,1-2H3. The molecule has 0 aliphatic carbocycles. The molecule has 16 heavy (non-hydrogen) atoms. The Hall–Kier alpha value is -1.62. The van der Waals surface area contributed by atoms with Gasteiger partial charge in [0.25, 0.3) is 5.91 Å². The van der Waals surface area contributed by atoms with Crippen LogP contribution in [0.2, 0.25) is 0 Å². The van der Waals surface area contributed by atoms with Crippen LogP contribution in [0.15, 0.2) is 18.2 Å². The van der Waals surface area contributed by atoms with E-state index in [9.17, 15) is 9.18 Å². The highest BCUT2D eigenvalue weighted by molar-refractivity contribution is 5.77. The molecule has 1 aromatic rings. The summed E-state index contributed by atoms with van der Waals surface area (Å²) in [6.07, 6.45) is 0. The number of hydrogen-bond acceptors (Lipinski definition) is 3. The minimum Gasteiger partial charge on any atom is -0.483 e. The van der Waals surface area contributed by atoms with Gasteiger partial charge in [-0.2, -0.15) is 0 Å². The van der Waals surface area contributed by atoms with Gasteiger partial charge in [0.1, 0.15) is 11.6 Å². The van der Waals surface area contributed by atoms with Crippen molar-refractivity contribution in [2.45, 2.75) is 6.61 Å². The molecule has 4 nitrogen and oxygen atoms in total. The van der Waals surface area contributed by atoms with Crippen LogP contribution in [0.3, 0.4) is 0 Å². The molecule has 0 saturated heterocycles. The molecule has 88 valence electrons. The highest BCUT2D eigenvalue weighted by Gasteiger charge is 2.08. The van der Waals surface area contributed by atoms with Crippen LogP contribution < -0.4 is 4.74 Å². The van der Waals surface area contributed by atoms with Crippen LogP contribution in [0.25, 0.3) is 0 Å². The largest absolute Gasteiger partial charge is 0.483 e. The van der Waals surface area contributed by atoms with Crippen molar-refractivity contribution < 1.29 is 19.0 Å². The second kappa shape index (κ2) is 5.46. The number of amides is 1. The lowest BCUT2D eigenvalue weighted by atomic mass is 10.2. The van der Waals surface area contributed by atoms with Gasteiger partial charge < -0.3 is 14.7 Å². The van der Waals surface area contributed by atoms with E-state index in [-0.39, 0.29) is 19.1 Å². The van der Waals surface area contributed by atoms with Crippen molar-refractivity contribution in [2.24, 2.45) is 0 Å². The number of aliphatic hydroxyl groups is 1. The molecule has 0 spiro atoms. The van der Waals surface area contributed by atoms with E-state index in [1.54, 1.807) is 14.1 Å². The number of rotatable bonds is 4. The smallest absolute Gasteiger partial charge is 0.259 e. The number of ether oxygens (including phenoxy) is 1. The average Bonchev–Trinajstić information content (AvgIpc) is 2.26. The maximum absolute atomic E-state index is 12.8. The van der Waals surface area contributed by atoms with Gasteiger partial charge in [0.05, 0.1) is 6.61 Å². The molecule has 0 unspecified atom stereocenters. The monoisotopic (exact) mass is 227 g/mol. The summed E-state index contributed by atoms with van der Waals surface area (Å²) in [5.41, 5.74) is 0.326.